The maximum absolute atomic E-state index is 6.10. The van der Waals surface area contributed by atoms with Gasteiger partial charge in [0.2, 0.25) is 0 Å². The van der Waals surface area contributed by atoms with Crippen molar-refractivity contribution in [3.63, 3.8) is 0 Å². The molecule has 0 aromatic carbocycles. The van der Waals surface area contributed by atoms with Gasteiger partial charge in [-0.05, 0) is 43.9 Å². The minimum atomic E-state index is -0.200. The quantitative estimate of drug-likeness (QED) is 0.568. The minimum Gasteiger partial charge on any atom is -0.358 e. The highest BCUT2D eigenvalue weighted by molar-refractivity contribution is 4.98. The first-order valence-electron chi connectivity index (χ1n) is 4.70. The predicted molar refractivity (Wildman–Crippen MR) is 41.9 cm³/mol. The van der Waals surface area contributed by atoms with Gasteiger partial charge in [-0.25, -0.2) is 0 Å². The van der Waals surface area contributed by atoms with E-state index >= 15 is 0 Å². The molecule has 0 radical (unpaired) electrons. The van der Waals surface area contributed by atoms with Crippen LogP contribution in [-0.2, 0) is 4.74 Å². The molecule has 2 nitrogen and oxygen atoms in total. The van der Waals surface area contributed by atoms with Crippen molar-refractivity contribution in [3.05, 3.63) is 0 Å². The Labute approximate surface area is 67.1 Å². The molecular weight excluding hydrogens is 138 g/mol. The Bertz CT molecular complexity index is 155. The Balaban J connectivity index is 1.94. The van der Waals surface area contributed by atoms with Gasteiger partial charge in [0.15, 0.2) is 0 Å². The molecular formula is C9H15NO. The Hall–Kier alpha value is -0.0800. The van der Waals surface area contributed by atoms with E-state index in [1.807, 2.05) is 0 Å². The summed E-state index contributed by atoms with van der Waals surface area (Å²) in [6, 6.07) is 0. The summed E-state index contributed by atoms with van der Waals surface area (Å²) in [5, 5.41) is 0. The Morgan fingerprint density at radius 1 is 1.09 bits per heavy atom. The molecule has 0 aromatic rings. The van der Waals surface area contributed by atoms with E-state index in [9.17, 15) is 0 Å². The van der Waals surface area contributed by atoms with Crippen LogP contribution >= 0.6 is 0 Å². The lowest BCUT2D eigenvalue weighted by molar-refractivity contribution is -0.216. The van der Waals surface area contributed by atoms with Crippen LogP contribution in [0.15, 0.2) is 0 Å². The molecule has 62 valence electrons. The molecule has 2 aliphatic heterocycles. The van der Waals surface area contributed by atoms with Gasteiger partial charge in [0.1, 0.15) is 5.72 Å². The second-order valence-corrected chi connectivity index (χ2v) is 4.65. The number of hydrogen-bond donors (Lipinski definition) is 1. The van der Waals surface area contributed by atoms with Gasteiger partial charge in [-0.3, -0.25) is 0 Å². The van der Waals surface area contributed by atoms with Crippen molar-refractivity contribution in [3.8, 4) is 0 Å². The standard InChI is InChI=1S/C9H15NO/c10-9-4-6-1-7(5-9)3-8(2-6)11-9/h6-8H,1-5,10H2/t6-,7?,8?,9?/m0/s1. The highest BCUT2D eigenvalue weighted by atomic mass is 16.5. The fourth-order valence-corrected chi connectivity index (χ4v) is 3.42. The Morgan fingerprint density at radius 3 is 2.18 bits per heavy atom. The van der Waals surface area contributed by atoms with Crippen LogP contribution in [0.5, 0.6) is 0 Å². The fourth-order valence-electron chi connectivity index (χ4n) is 3.42. The van der Waals surface area contributed by atoms with Crippen LogP contribution < -0.4 is 5.73 Å². The van der Waals surface area contributed by atoms with Crippen LogP contribution in [0, 0.1) is 11.8 Å². The van der Waals surface area contributed by atoms with Crippen molar-refractivity contribution < 1.29 is 4.74 Å². The maximum Gasteiger partial charge on any atom is 0.117 e. The molecule has 2 saturated carbocycles. The summed E-state index contributed by atoms with van der Waals surface area (Å²) in [6.07, 6.45) is 6.77. The molecule has 4 bridgehead atoms. The third kappa shape index (κ3) is 0.859. The van der Waals surface area contributed by atoms with Crippen molar-refractivity contribution in [2.45, 2.75) is 43.9 Å². The molecule has 0 amide bonds. The van der Waals surface area contributed by atoms with E-state index in [1.165, 1.54) is 19.3 Å². The fraction of sp³-hybridized carbons (Fsp3) is 1.00. The van der Waals surface area contributed by atoms with Crippen LogP contribution in [0.1, 0.15) is 32.1 Å². The molecule has 4 aliphatic rings. The van der Waals surface area contributed by atoms with Gasteiger partial charge in [0, 0.05) is 0 Å². The van der Waals surface area contributed by atoms with Gasteiger partial charge in [-0.2, -0.15) is 0 Å². The maximum atomic E-state index is 6.10. The van der Waals surface area contributed by atoms with Gasteiger partial charge < -0.3 is 10.5 Å². The van der Waals surface area contributed by atoms with E-state index in [4.69, 9.17) is 10.5 Å². The molecule has 0 spiro atoms. The van der Waals surface area contributed by atoms with Crippen LogP contribution in [0.2, 0.25) is 0 Å². The third-order valence-electron chi connectivity index (χ3n) is 3.53. The summed E-state index contributed by atoms with van der Waals surface area (Å²) >= 11 is 0. The van der Waals surface area contributed by atoms with Crippen LogP contribution in [0.4, 0.5) is 0 Å². The van der Waals surface area contributed by atoms with Gasteiger partial charge in [0.25, 0.3) is 0 Å². The zero-order valence-electron chi connectivity index (χ0n) is 6.75. The largest absolute Gasteiger partial charge is 0.358 e. The highest BCUT2D eigenvalue weighted by Gasteiger charge is 2.49. The minimum absolute atomic E-state index is 0.200. The number of hydrogen-bond acceptors (Lipinski definition) is 2. The lowest BCUT2D eigenvalue weighted by Gasteiger charge is -2.54. The third-order valence-corrected chi connectivity index (χ3v) is 3.53. The average molecular weight is 153 g/mol. The van der Waals surface area contributed by atoms with E-state index in [0.717, 1.165) is 24.7 Å². The SMILES string of the molecule is NC12CC3CC(C[C@H](C3)C1)O2. The monoisotopic (exact) mass is 153 g/mol. The molecule has 4 rings (SSSR count). The number of nitrogens with two attached hydrogens (primary N) is 1. The van der Waals surface area contributed by atoms with Crippen LogP contribution in [0.25, 0.3) is 0 Å². The summed E-state index contributed by atoms with van der Waals surface area (Å²) in [5.41, 5.74) is 5.90. The normalized spacial score (nSPS) is 60.3. The van der Waals surface area contributed by atoms with E-state index in [0.29, 0.717) is 6.10 Å². The first kappa shape index (κ1) is 6.44. The molecule has 2 heterocycles. The molecule has 2 N–H and O–H groups in total. The van der Waals surface area contributed by atoms with Gasteiger partial charge in [-0.15, -0.1) is 0 Å². The van der Waals surface area contributed by atoms with Crippen molar-refractivity contribution >= 4 is 0 Å². The summed E-state index contributed by atoms with van der Waals surface area (Å²) in [5.74, 6) is 1.79. The summed E-state index contributed by atoms with van der Waals surface area (Å²) in [4.78, 5) is 0. The molecule has 4 atom stereocenters. The van der Waals surface area contributed by atoms with Gasteiger partial charge >= 0.3 is 0 Å². The summed E-state index contributed by atoms with van der Waals surface area (Å²) in [7, 11) is 0. The predicted octanol–water partition coefficient (Wildman–Crippen LogP) is 1.25. The zero-order chi connectivity index (χ0) is 7.47. The Kier molecular flexibility index (Phi) is 1.06. The highest BCUT2D eigenvalue weighted by Crippen LogP contribution is 2.50. The number of rotatable bonds is 0. The summed E-state index contributed by atoms with van der Waals surface area (Å²) < 4.78 is 5.79. The van der Waals surface area contributed by atoms with Gasteiger partial charge in [-0.1, -0.05) is 0 Å². The first-order valence-corrected chi connectivity index (χ1v) is 4.70. The van der Waals surface area contributed by atoms with E-state index in [1.54, 1.807) is 0 Å². The Morgan fingerprint density at radius 2 is 1.73 bits per heavy atom. The summed E-state index contributed by atoms with van der Waals surface area (Å²) in [6.45, 7) is 0. The molecule has 4 fully saturated rings. The first-order chi connectivity index (χ1) is 5.23. The molecule has 2 aliphatic carbocycles. The molecule has 3 unspecified atom stereocenters. The number of ether oxygens (including phenoxy) is 1. The van der Waals surface area contributed by atoms with Crippen LogP contribution in [0.3, 0.4) is 0 Å². The van der Waals surface area contributed by atoms with Crippen molar-refractivity contribution in [2.75, 3.05) is 0 Å². The van der Waals surface area contributed by atoms with Gasteiger partial charge in [0.05, 0.1) is 6.10 Å². The van der Waals surface area contributed by atoms with E-state index < -0.39 is 0 Å². The second-order valence-electron chi connectivity index (χ2n) is 4.65. The molecule has 11 heavy (non-hydrogen) atoms. The van der Waals surface area contributed by atoms with Crippen molar-refractivity contribution in [1.82, 2.24) is 0 Å². The average Bonchev–Trinajstić information content (AvgIpc) is 1.79. The van der Waals surface area contributed by atoms with E-state index in [-0.39, 0.29) is 5.72 Å². The topological polar surface area (TPSA) is 35.2 Å². The second kappa shape index (κ2) is 1.80. The van der Waals surface area contributed by atoms with E-state index in [2.05, 4.69) is 0 Å². The lowest BCUT2D eigenvalue weighted by atomic mass is 9.65. The molecule has 2 saturated heterocycles. The zero-order valence-corrected chi connectivity index (χ0v) is 6.75. The smallest absolute Gasteiger partial charge is 0.117 e. The van der Waals surface area contributed by atoms with Crippen LogP contribution in [-0.4, -0.2) is 11.8 Å². The lowest BCUT2D eigenvalue weighted by Crippen LogP contribution is -2.59. The van der Waals surface area contributed by atoms with Crippen molar-refractivity contribution in [1.29, 1.82) is 0 Å². The molecule has 0 aromatic heterocycles. The molecule has 2 heteroatoms. The van der Waals surface area contributed by atoms with Crippen molar-refractivity contribution in [2.24, 2.45) is 17.6 Å².